The summed E-state index contributed by atoms with van der Waals surface area (Å²) in [7, 11) is 0. The van der Waals surface area contributed by atoms with Crippen molar-refractivity contribution in [1.82, 2.24) is 19.7 Å². The summed E-state index contributed by atoms with van der Waals surface area (Å²) in [5.41, 5.74) is 1.88. The third-order valence-corrected chi connectivity index (χ3v) is 4.81. The molecular weight excluding hydrogens is 330 g/mol. The third kappa shape index (κ3) is 3.77. The summed E-state index contributed by atoms with van der Waals surface area (Å²) in [6, 6.07) is 9.85. The summed E-state index contributed by atoms with van der Waals surface area (Å²) in [6.45, 7) is 3.79. The monoisotopic (exact) mass is 345 g/mol. The molecule has 0 fully saturated rings. The van der Waals surface area contributed by atoms with Crippen molar-refractivity contribution in [1.29, 1.82) is 0 Å². The van der Waals surface area contributed by atoms with E-state index >= 15 is 0 Å². The molecular formula is C15H15N5OS2. The quantitative estimate of drug-likeness (QED) is 0.720. The number of anilines is 1. The van der Waals surface area contributed by atoms with Gasteiger partial charge in [0.2, 0.25) is 5.91 Å². The lowest BCUT2D eigenvalue weighted by Crippen LogP contribution is -2.14. The Labute approximate surface area is 142 Å². The van der Waals surface area contributed by atoms with Crippen molar-refractivity contribution in [2.75, 3.05) is 11.1 Å². The van der Waals surface area contributed by atoms with Crippen molar-refractivity contribution in [3.05, 3.63) is 47.2 Å². The predicted octanol–water partition coefficient (Wildman–Crippen LogP) is 3.07. The number of para-hydroxylation sites is 1. The van der Waals surface area contributed by atoms with E-state index in [-0.39, 0.29) is 11.7 Å². The minimum Gasteiger partial charge on any atom is -0.301 e. The lowest BCUT2D eigenvalue weighted by Gasteiger charge is -2.07. The Morgan fingerprint density at radius 2 is 2.04 bits per heavy atom. The van der Waals surface area contributed by atoms with Crippen molar-refractivity contribution in [2.24, 2.45) is 0 Å². The van der Waals surface area contributed by atoms with Gasteiger partial charge in [-0.25, -0.2) is 4.98 Å². The van der Waals surface area contributed by atoms with Crippen LogP contribution in [0.25, 0.3) is 5.69 Å². The second kappa shape index (κ2) is 6.93. The van der Waals surface area contributed by atoms with Crippen molar-refractivity contribution in [3.63, 3.8) is 0 Å². The van der Waals surface area contributed by atoms with Crippen molar-refractivity contribution in [3.8, 4) is 5.69 Å². The third-order valence-electron chi connectivity index (χ3n) is 3.01. The van der Waals surface area contributed by atoms with Gasteiger partial charge in [-0.15, -0.1) is 21.5 Å². The van der Waals surface area contributed by atoms with Crippen LogP contribution in [0.15, 0.2) is 40.9 Å². The number of aryl methyl sites for hydroxylation is 2. The largest absolute Gasteiger partial charge is 0.301 e. The summed E-state index contributed by atoms with van der Waals surface area (Å²) < 4.78 is 1.94. The molecule has 118 valence electrons. The van der Waals surface area contributed by atoms with Gasteiger partial charge < -0.3 is 5.32 Å². The van der Waals surface area contributed by atoms with Crippen LogP contribution in [0.1, 0.15) is 11.5 Å². The number of thiazole rings is 1. The van der Waals surface area contributed by atoms with Gasteiger partial charge in [0.25, 0.3) is 0 Å². The van der Waals surface area contributed by atoms with E-state index in [9.17, 15) is 4.79 Å². The van der Waals surface area contributed by atoms with Gasteiger partial charge in [0, 0.05) is 11.1 Å². The maximum atomic E-state index is 12.0. The van der Waals surface area contributed by atoms with E-state index in [0.29, 0.717) is 10.3 Å². The van der Waals surface area contributed by atoms with Crippen LogP contribution < -0.4 is 5.32 Å². The average molecular weight is 345 g/mol. The number of thioether (sulfide) groups is 1. The molecule has 3 rings (SSSR count). The molecule has 23 heavy (non-hydrogen) atoms. The summed E-state index contributed by atoms with van der Waals surface area (Å²) in [6.07, 6.45) is 0. The van der Waals surface area contributed by atoms with Gasteiger partial charge in [-0.05, 0) is 26.0 Å². The SMILES string of the molecule is Cc1csc(NC(=O)CSc2nnc(C)n2-c2ccccc2)n1. The second-order valence-corrected chi connectivity index (χ2v) is 6.63. The van der Waals surface area contributed by atoms with Crippen molar-refractivity contribution in [2.45, 2.75) is 19.0 Å². The average Bonchev–Trinajstić information content (AvgIpc) is 3.12. The Morgan fingerprint density at radius 3 is 2.74 bits per heavy atom. The molecule has 6 nitrogen and oxygen atoms in total. The standard InChI is InChI=1S/C15H15N5OS2/c1-10-8-22-14(16-10)17-13(21)9-23-15-19-18-11(2)20(15)12-6-4-3-5-7-12/h3-8H,9H2,1-2H3,(H,16,17,21). The Hall–Kier alpha value is -2.19. The fourth-order valence-electron chi connectivity index (χ4n) is 2.01. The predicted molar refractivity (Wildman–Crippen MR) is 92.3 cm³/mol. The number of amides is 1. The first-order valence-electron chi connectivity index (χ1n) is 6.95. The van der Waals surface area contributed by atoms with Crippen molar-refractivity contribution >= 4 is 34.1 Å². The number of nitrogens with one attached hydrogen (secondary N) is 1. The molecule has 1 aromatic carbocycles. The molecule has 0 aliphatic rings. The van der Waals surface area contributed by atoms with Crippen LogP contribution in [-0.4, -0.2) is 31.4 Å². The molecule has 0 aliphatic heterocycles. The first-order valence-corrected chi connectivity index (χ1v) is 8.82. The maximum absolute atomic E-state index is 12.0. The summed E-state index contributed by atoms with van der Waals surface area (Å²) in [4.78, 5) is 16.2. The van der Waals surface area contributed by atoms with Gasteiger partial charge >= 0.3 is 0 Å². The highest BCUT2D eigenvalue weighted by Crippen LogP contribution is 2.22. The zero-order chi connectivity index (χ0) is 16.2. The van der Waals surface area contributed by atoms with Crippen LogP contribution in [0.3, 0.4) is 0 Å². The molecule has 0 spiro atoms. The molecule has 1 amide bonds. The van der Waals surface area contributed by atoms with Crippen LogP contribution in [0.4, 0.5) is 5.13 Å². The minimum absolute atomic E-state index is 0.107. The van der Waals surface area contributed by atoms with Crippen molar-refractivity contribution < 1.29 is 4.79 Å². The van der Waals surface area contributed by atoms with Gasteiger partial charge in [-0.1, -0.05) is 30.0 Å². The van der Waals surface area contributed by atoms with E-state index in [1.54, 1.807) is 0 Å². The number of carbonyl (C=O) groups is 1. The molecule has 2 heterocycles. The molecule has 0 saturated carbocycles. The lowest BCUT2D eigenvalue weighted by atomic mass is 10.3. The second-order valence-electron chi connectivity index (χ2n) is 4.83. The highest BCUT2D eigenvalue weighted by atomic mass is 32.2. The van der Waals surface area contributed by atoms with Gasteiger partial charge in [0.15, 0.2) is 10.3 Å². The Balaban J connectivity index is 1.68. The summed E-state index contributed by atoms with van der Waals surface area (Å²) in [5.74, 6) is 0.933. The van der Waals surface area contributed by atoms with E-state index in [4.69, 9.17) is 0 Å². The van der Waals surface area contributed by atoms with Gasteiger partial charge in [-0.2, -0.15) is 0 Å². The molecule has 0 radical (unpaired) electrons. The molecule has 0 unspecified atom stereocenters. The van der Waals surface area contributed by atoms with Gasteiger partial charge in [0.05, 0.1) is 11.4 Å². The highest BCUT2D eigenvalue weighted by molar-refractivity contribution is 7.99. The molecule has 3 aromatic rings. The normalized spacial score (nSPS) is 10.7. The molecule has 8 heteroatoms. The minimum atomic E-state index is -0.107. The van der Waals surface area contributed by atoms with E-state index in [2.05, 4.69) is 20.5 Å². The Morgan fingerprint density at radius 1 is 1.26 bits per heavy atom. The Kier molecular flexibility index (Phi) is 4.73. The van der Waals surface area contributed by atoms with Gasteiger partial charge in [0.1, 0.15) is 5.82 Å². The number of hydrogen-bond acceptors (Lipinski definition) is 6. The van der Waals surface area contributed by atoms with E-state index in [1.807, 2.05) is 54.1 Å². The fourth-order valence-corrected chi connectivity index (χ4v) is 3.51. The fraction of sp³-hybridized carbons (Fsp3) is 0.200. The number of hydrogen-bond donors (Lipinski definition) is 1. The molecule has 0 saturated heterocycles. The smallest absolute Gasteiger partial charge is 0.236 e. The maximum Gasteiger partial charge on any atom is 0.236 e. The number of carbonyl (C=O) groups excluding carboxylic acids is 1. The molecule has 0 bridgehead atoms. The van der Waals surface area contributed by atoms with Crippen LogP contribution in [-0.2, 0) is 4.79 Å². The summed E-state index contributed by atoms with van der Waals surface area (Å²) in [5, 5.41) is 14.3. The molecule has 0 atom stereocenters. The van der Waals surface area contributed by atoms with E-state index in [1.165, 1.54) is 23.1 Å². The zero-order valence-electron chi connectivity index (χ0n) is 12.7. The van der Waals surface area contributed by atoms with Crippen LogP contribution in [0.2, 0.25) is 0 Å². The van der Waals surface area contributed by atoms with Gasteiger partial charge in [-0.3, -0.25) is 9.36 Å². The first-order chi connectivity index (χ1) is 11.1. The number of rotatable bonds is 5. The van der Waals surface area contributed by atoms with E-state index < -0.39 is 0 Å². The zero-order valence-corrected chi connectivity index (χ0v) is 14.3. The number of aromatic nitrogens is 4. The summed E-state index contributed by atoms with van der Waals surface area (Å²) >= 11 is 2.77. The van der Waals surface area contributed by atoms with Crippen LogP contribution >= 0.6 is 23.1 Å². The number of benzene rings is 1. The van der Waals surface area contributed by atoms with E-state index in [0.717, 1.165) is 17.2 Å². The molecule has 0 aliphatic carbocycles. The molecule has 1 N–H and O–H groups in total. The molecule has 2 aromatic heterocycles. The first kappa shape index (κ1) is 15.7. The number of nitrogens with zero attached hydrogens (tertiary/aromatic N) is 4. The lowest BCUT2D eigenvalue weighted by molar-refractivity contribution is -0.113. The Bertz CT molecular complexity index is 812. The highest BCUT2D eigenvalue weighted by Gasteiger charge is 2.13. The van der Waals surface area contributed by atoms with Crippen LogP contribution in [0, 0.1) is 13.8 Å². The van der Waals surface area contributed by atoms with Crippen LogP contribution in [0.5, 0.6) is 0 Å². The topological polar surface area (TPSA) is 72.7 Å².